The lowest BCUT2D eigenvalue weighted by molar-refractivity contribution is -0.118. The van der Waals surface area contributed by atoms with Crippen LogP contribution in [0, 0.1) is 11.3 Å². The molecule has 2 nitrogen and oxygen atoms in total. The van der Waals surface area contributed by atoms with Crippen molar-refractivity contribution in [2.75, 3.05) is 19.6 Å². The highest BCUT2D eigenvalue weighted by Crippen LogP contribution is 2.45. The molecule has 1 heterocycles. The van der Waals surface area contributed by atoms with Gasteiger partial charge in [-0.05, 0) is 57.0 Å². The van der Waals surface area contributed by atoms with E-state index in [1.54, 1.807) is 6.92 Å². The Bertz CT molecular complexity index is 243. The Morgan fingerprint density at radius 2 is 1.75 bits per heavy atom. The van der Waals surface area contributed by atoms with Gasteiger partial charge in [0, 0.05) is 0 Å². The van der Waals surface area contributed by atoms with Gasteiger partial charge in [0.15, 0.2) is 0 Å². The third-order valence-electron chi connectivity index (χ3n) is 4.70. The molecule has 0 amide bonds. The van der Waals surface area contributed by atoms with E-state index in [9.17, 15) is 4.79 Å². The minimum Gasteiger partial charge on any atom is -0.299 e. The first-order valence-corrected chi connectivity index (χ1v) is 6.81. The molecule has 2 heteroatoms. The fourth-order valence-electron chi connectivity index (χ4n) is 3.37. The molecule has 0 aromatic heterocycles. The molecule has 1 spiro atoms. The van der Waals surface area contributed by atoms with Crippen molar-refractivity contribution in [1.82, 2.24) is 4.90 Å². The van der Waals surface area contributed by atoms with E-state index in [4.69, 9.17) is 0 Å². The molecule has 2 rings (SSSR count). The summed E-state index contributed by atoms with van der Waals surface area (Å²) in [4.78, 5) is 13.4. The summed E-state index contributed by atoms with van der Waals surface area (Å²) in [5.41, 5.74) is 0.653. The first-order valence-electron chi connectivity index (χ1n) is 6.81. The van der Waals surface area contributed by atoms with Crippen molar-refractivity contribution in [3.05, 3.63) is 0 Å². The third-order valence-corrected chi connectivity index (χ3v) is 4.70. The molecule has 1 aliphatic carbocycles. The highest BCUT2D eigenvalue weighted by molar-refractivity contribution is 5.77. The summed E-state index contributed by atoms with van der Waals surface area (Å²) in [6.45, 7) is 7.05. The van der Waals surface area contributed by atoms with Crippen LogP contribution in [-0.2, 0) is 4.79 Å². The van der Waals surface area contributed by atoms with Crippen molar-refractivity contribution in [2.24, 2.45) is 11.3 Å². The van der Waals surface area contributed by atoms with Gasteiger partial charge in [-0.2, -0.15) is 0 Å². The maximum atomic E-state index is 11.1. The minimum atomic E-state index is 0.313. The van der Waals surface area contributed by atoms with Gasteiger partial charge < -0.3 is 0 Å². The number of piperidine rings is 1. The Labute approximate surface area is 99.4 Å². The summed E-state index contributed by atoms with van der Waals surface area (Å²) in [5.74, 6) is 1.26. The summed E-state index contributed by atoms with van der Waals surface area (Å²) in [5, 5.41) is 0. The predicted octanol–water partition coefficient (Wildman–Crippen LogP) is 2.87. The molecule has 92 valence electrons. The van der Waals surface area contributed by atoms with E-state index in [-0.39, 0.29) is 0 Å². The number of ketones is 1. The van der Waals surface area contributed by atoms with Gasteiger partial charge in [-0.25, -0.2) is 0 Å². The van der Waals surface area contributed by atoms with Crippen LogP contribution in [0.1, 0.15) is 52.4 Å². The zero-order chi connectivity index (χ0) is 11.6. The van der Waals surface area contributed by atoms with E-state index in [0.29, 0.717) is 17.7 Å². The quantitative estimate of drug-likeness (QED) is 0.717. The fraction of sp³-hybridized carbons (Fsp3) is 0.929. The maximum absolute atomic E-state index is 11.1. The van der Waals surface area contributed by atoms with Crippen molar-refractivity contribution in [3.8, 4) is 0 Å². The third kappa shape index (κ3) is 2.85. The van der Waals surface area contributed by atoms with Crippen molar-refractivity contribution in [1.29, 1.82) is 0 Å². The van der Waals surface area contributed by atoms with Gasteiger partial charge >= 0.3 is 0 Å². The average molecular weight is 223 g/mol. The van der Waals surface area contributed by atoms with E-state index in [2.05, 4.69) is 11.8 Å². The molecule has 0 radical (unpaired) electrons. The number of Topliss-reactive ketones (excluding diaryl/α,β-unsaturated/α-hetero) is 1. The van der Waals surface area contributed by atoms with Crippen LogP contribution in [0.15, 0.2) is 0 Å². The molecule has 2 aliphatic rings. The molecule has 0 aromatic rings. The number of hydrogen-bond donors (Lipinski definition) is 0. The molecule has 0 bridgehead atoms. The summed E-state index contributed by atoms with van der Waals surface area (Å²) >= 11 is 0. The van der Waals surface area contributed by atoms with Gasteiger partial charge in [-0.3, -0.25) is 9.69 Å². The van der Waals surface area contributed by atoms with E-state index in [0.717, 1.165) is 19.0 Å². The first-order chi connectivity index (χ1) is 7.60. The van der Waals surface area contributed by atoms with Crippen LogP contribution in [0.3, 0.4) is 0 Å². The van der Waals surface area contributed by atoms with E-state index >= 15 is 0 Å². The first kappa shape index (κ1) is 12.1. The Morgan fingerprint density at radius 3 is 2.25 bits per heavy atom. The van der Waals surface area contributed by atoms with Crippen molar-refractivity contribution < 1.29 is 4.79 Å². The highest BCUT2D eigenvalue weighted by atomic mass is 16.1. The standard InChI is InChI=1S/C14H25NO/c1-12-3-5-14(6-4-12)7-9-15(10-8-14)11-13(2)16/h12H,3-11H2,1-2H3. The monoisotopic (exact) mass is 223 g/mol. The fourth-order valence-corrected chi connectivity index (χ4v) is 3.37. The normalized spacial score (nSPS) is 27.1. The second-order valence-electron chi connectivity index (χ2n) is 6.16. The Morgan fingerprint density at radius 1 is 1.19 bits per heavy atom. The molecule has 0 N–H and O–H groups in total. The highest BCUT2D eigenvalue weighted by Gasteiger charge is 2.36. The van der Waals surface area contributed by atoms with Gasteiger partial charge in [0.2, 0.25) is 0 Å². The van der Waals surface area contributed by atoms with E-state index < -0.39 is 0 Å². The molecule has 0 aromatic carbocycles. The minimum absolute atomic E-state index is 0.313. The largest absolute Gasteiger partial charge is 0.299 e. The Kier molecular flexibility index (Phi) is 3.68. The average Bonchev–Trinajstić information content (AvgIpc) is 2.26. The van der Waals surface area contributed by atoms with Crippen LogP contribution < -0.4 is 0 Å². The number of carbonyl (C=O) groups is 1. The molecule has 1 aliphatic heterocycles. The second-order valence-corrected chi connectivity index (χ2v) is 6.16. The van der Waals surface area contributed by atoms with Gasteiger partial charge in [0.05, 0.1) is 6.54 Å². The lowest BCUT2D eigenvalue weighted by Gasteiger charge is -2.45. The molecule has 1 saturated heterocycles. The Hall–Kier alpha value is -0.370. The molecule has 16 heavy (non-hydrogen) atoms. The van der Waals surface area contributed by atoms with Crippen LogP contribution in [0.25, 0.3) is 0 Å². The summed E-state index contributed by atoms with van der Waals surface area (Å²) in [7, 11) is 0. The van der Waals surface area contributed by atoms with Crippen molar-refractivity contribution in [2.45, 2.75) is 52.4 Å². The predicted molar refractivity (Wildman–Crippen MR) is 66.4 cm³/mol. The second kappa shape index (κ2) is 4.87. The van der Waals surface area contributed by atoms with Gasteiger partial charge in [0.25, 0.3) is 0 Å². The van der Waals surface area contributed by atoms with Crippen LogP contribution >= 0.6 is 0 Å². The van der Waals surface area contributed by atoms with Gasteiger partial charge in [-0.15, -0.1) is 0 Å². The van der Waals surface area contributed by atoms with Crippen molar-refractivity contribution >= 4 is 5.78 Å². The number of likely N-dealkylation sites (tertiary alicyclic amines) is 1. The van der Waals surface area contributed by atoms with Crippen LogP contribution in [0.5, 0.6) is 0 Å². The van der Waals surface area contributed by atoms with Crippen LogP contribution in [-0.4, -0.2) is 30.3 Å². The van der Waals surface area contributed by atoms with Crippen LogP contribution in [0.4, 0.5) is 0 Å². The smallest absolute Gasteiger partial charge is 0.143 e. The summed E-state index contributed by atoms with van der Waals surface area (Å²) < 4.78 is 0. The zero-order valence-corrected chi connectivity index (χ0v) is 10.8. The van der Waals surface area contributed by atoms with Gasteiger partial charge in [-0.1, -0.05) is 19.8 Å². The van der Waals surface area contributed by atoms with E-state index in [1.807, 2.05) is 0 Å². The lowest BCUT2D eigenvalue weighted by Crippen LogP contribution is -2.43. The molecular formula is C14H25NO. The molecule has 0 atom stereocenters. The molecular weight excluding hydrogens is 198 g/mol. The Balaban J connectivity index is 1.82. The van der Waals surface area contributed by atoms with Crippen LogP contribution in [0.2, 0.25) is 0 Å². The summed E-state index contributed by atoms with van der Waals surface area (Å²) in [6.07, 6.45) is 8.36. The van der Waals surface area contributed by atoms with E-state index in [1.165, 1.54) is 38.5 Å². The number of hydrogen-bond acceptors (Lipinski definition) is 2. The number of nitrogens with zero attached hydrogens (tertiary/aromatic N) is 1. The molecule has 2 fully saturated rings. The zero-order valence-electron chi connectivity index (χ0n) is 10.8. The SMILES string of the molecule is CC(=O)CN1CCC2(CCC(C)CC2)CC1. The number of carbonyl (C=O) groups excluding carboxylic acids is 1. The molecule has 0 unspecified atom stereocenters. The van der Waals surface area contributed by atoms with Gasteiger partial charge in [0.1, 0.15) is 5.78 Å². The summed E-state index contributed by atoms with van der Waals surface area (Å²) in [6, 6.07) is 0. The lowest BCUT2D eigenvalue weighted by atomic mass is 9.66. The number of rotatable bonds is 2. The maximum Gasteiger partial charge on any atom is 0.143 e. The topological polar surface area (TPSA) is 20.3 Å². The van der Waals surface area contributed by atoms with Crippen molar-refractivity contribution in [3.63, 3.8) is 0 Å². The molecule has 1 saturated carbocycles.